The summed E-state index contributed by atoms with van der Waals surface area (Å²) in [5, 5.41) is 12.5. The van der Waals surface area contributed by atoms with E-state index in [9.17, 15) is 19.7 Å². The van der Waals surface area contributed by atoms with Gasteiger partial charge in [-0.3, -0.25) is 24.6 Å². The summed E-state index contributed by atoms with van der Waals surface area (Å²) < 4.78 is 4.78. The van der Waals surface area contributed by atoms with Crippen molar-refractivity contribution in [3.8, 4) is 0 Å². The summed E-state index contributed by atoms with van der Waals surface area (Å²) in [6.07, 6.45) is -0.490. The largest absolute Gasteiger partial charge is 0.466 e. The van der Waals surface area contributed by atoms with E-state index in [2.05, 4.69) is 0 Å². The molecule has 0 aliphatic carbocycles. The highest BCUT2D eigenvalue weighted by atomic mass is 32.1. The molecular weight excluding hydrogens is 320 g/mol. The van der Waals surface area contributed by atoms with Crippen LogP contribution in [0.3, 0.4) is 0 Å². The SMILES string of the molecule is CCOC(=O)CC(=O)N(c1ccccc1)c1ccsc1[N+](=O)[O-]. The molecule has 1 aromatic heterocycles. The standard InChI is InChI=1S/C15H14N2O5S/c1-2-22-14(19)10-13(18)16(11-6-4-3-5-7-11)12-8-9-23-15(12)17(20)21/h3-9H,2,10H2,1H3. The maximum Gasteiger partial charge on any atom is 0.348 e. The minimum Gasteiger partial charge on any atom is -0.466 e. The van der Waals surface area contributed by atoms with E-state index >= 15 is 0 Å². The van der Waals surface area contributed by atoms with Crippen LogP contribution in [0.25, 0.3) is 0 Å². The highest BCUT2D eigenvalue weighted by Crippen LogP contribution is 2.38. The number of carbonyl (C=O) groups is 2. The van der Waals surface area contributed by atoms with E-state index in [1.807, 2.05) is 0 Å². The fraction of sp³-hybridized carbons (Fsp3) is 0.200. The van der Waals surface area contributed by atoms with E-state index in [-0.39, 0.29) is 17.3 Å². The Labute approximate surface area is 136 Å². The lowest BCUT2D eigenvalue weighted by molar-refractivity contribution is -0.379. The number of carbonyl (C=O) groups excluding carboxylic acids is 2. The van der Waals surface area contributed by atoms with E-state index in [1.165, 1.54) is 16.3 Å². The molecule has 2 rings (SSSR count). The molecule has 0 saturated heterocycles. The summed E-state index contributed by atoms with van der Waals surface area (Å²) in [4.78, 5) is 35.9. The lowest BCUT2D eigenvalue weighted by atomic mass is 10.2. The summed E-state index contributed by atoms with van der Waals surface area (Å²) >= 11 is 0.918. The number of amides is 1. The number of esters is 1. The Hall–Kier alpha value is -2.74. The predicted octanol–water partition coefficient (Wildman–Crippen LogP) is 3.27. The maximum atomic E-state index is 12.5. The number of rotatable bonds is 6. The van der Waals surface area contributed by atoms with Crippen LogP contribution in [0.1, 0.15) is 13.3 Å². The Bertz CT molecular complexity index is 714. The quantitative estimate of drug-likeness (QED) is 0.350. The molecule has 0 atom stereocenters. The van der Waals surface area contributed by atoms with E-state index in [0.717, 1.165) is 11.3 Å². The van der Waals surface area contributed by atoms with Crippen molar-refractivity contribution >= 4 is 39.6 Å². The Kier molecular flexibility index (Phi) is 5.42. The molecule has 0 N–H and O–H groups in total. The van der Waals surface area contributed by atoms with Gasteiger partial charge in [0.2, 0.25) is 5.91 Å². The molecule has 0 aliphatic rings. The first-order chi connectivity index (χ1) is 11.0. The van der Waals surface area contributed by atoms with Crippen molar-refractivity contribution in [1.82, 2.24) is 0 Å². The minimum atomic E-state index is -0.670. The van der Waals surface area contributed by atoms with Crippen molar-refractivity contribution in [2.45, 2.75) is 13.3 Å². The van der Waals surface area contributed by atoms with E-state index in [0.29, 0.717) is 5.69 Å². The smallest absolute Gasteiger partial charge is 0.348 e. The molecule has 8 heteroatoms. The Morgan fingerprint density at radius 2 is 1.96 bits per heavy atom. The van der Waals surface area contributed by atoms with E-state index < -0.39 is 23.2 Å². The Morgan fingerprint density at radius 1 is 1.26 bits per heavy atom. The lowest BCUT2D eigenvalue weighted by Gasteiger charge is -2.20. The van der Waals surface area contributed by atoms with Gasteiger partial charge in [-0.25, -0.2) is 0 Å². The summed E-state index contributed by atoms with van der Waals surface area (Å²) in [6, 6.07) is 9.95. The molecule has 1 aromatic carbocycles. The first kappa shape index (κ1) is 16.6. The number of para-hydroxylation sites is 1. The molecule has 0 aliphatic heterocycles. The highest BCUT2D eigenvalue weighted by molar-refractivity contribution is 7.14. The van der Waals surface area contributed by atoms with Gasteiger partial charge in [-0.15, -0.1) is 0 Å². The molecule has 7 nitrogen and oxygen atoms in total. The van der Waals surface area contributed by atoms with Crippen LogP contribution in [0, 0.1) is 10.1 Å². The van der Waals surface area contributed by atoms with Gasteiger partial charge in [0.25, 0.3) is 0 Å². The molecule has 1 heterocycles. The second-order valence-electron chi connectivity index (χ2n) is 4.41. The van der Waals surface area contributed by atoms with E-state index in [1.54, 1.807) is 37.3 Å². The topological polar surface area (TPSA) is 89.8 Å². The molecular formula is C15H14N2O5S. The number of hydrogen-bond acceptors (Lipinski definition) is 6. The zero-order valence-electron chi connectivity index (χ0n) is 12.3. The van der Waals surface area contributed by atoms with Crippen LogP contribution in [0.15, 0.2) is 41.8 Å². The molecule has 23 heavy (non-hydrogen) atoms. The molecule has 1 amide bonds. The normalized spacial score (nSPS) is 10.1. The average Bonchev–Trinajstić information content (AvgIpc) is 2.98. The lowest BCUT2D eigenvalue weighted by Crippen LogP contribution is -2.28. The molecule has 2 aromatic rings. The average molecular weight is 334 g/mol. The second-order valence-corrected chi connectivity index (χ2v) is 5.31. The van der Waals surface area contributed by atoms with Crippen LogP contribution in [-0.4, -0.2) is 23.4 Å². The summed E-state index contributed by atoms with van der Waals surface area (Å²) in [5.41, 5.74) is 0.587. The third kappa shape index (κ3) is 3.92. The number of thiophene rings is 1. The number of anilines is 2. The van der Waals surface area contributed by atoms with Gasteiger partial charge in [-0.05, 0) is 30.5 Å². The van der Waals surface area contributed by atoms with Gasteiger partial charge in [0.1, 0.15) is 12.1 Å². The molecule has 0 spiro atoms. The van der Waals surface area contributed by atoms with Crippen LogP contribution < -0.4 is 4.90 Å². The zero-order valence-corrected chi connectivity index (χ0v) is 13.1. The van der Waals surface area contributed by atoms with Crippen LogP contribution in [-0.2, 0) is 14.3 Å². The molecule has 0 saturated carbocycles. The first-order valence-corrected chi connectivity index (χ1v) is 7.68. The Balaban J connectivity index is 2.40. The molecule has 0 unspecified atom stereocenters. The van der Waals surface area contributed by atoms with Gasteiger partial charge < -0.3 is 4.74 Å². The summed E-state index contributed by atoms with van der Waals surface area (Å²) in [6.45, 7) is 1.80. The van der Waals surface area contributed by atoms with Crippen molar-refractivity contribution in [3.05, 3.63) is 51.9 Å². The van der Waals surface area contributed by atoms with Crippen molar-refractivity contribution in [2.75, 3.05) is 11.5 Å². The number of ether oxygens (including phenoxy) is 1. The van der Waals surface area contributed by atoms with Crippen molar-refractivity contribution in [2.24, 2.45) is 0 Å². The van der Waals surface area contributed by atoms with Crippen LogP contribution >= 0.6 is 11.3 Å². The molecule has 0 fully saturated rings. The van der Waals surface area contributed by atoms with Crippen LogP contribution in [0.4, 0.5) is 16.4 Å². The third-order valence-electron chi connectivity index (χ3n) is 2.90. The van der Waals surface area contributed by atoms with Gasteiger partial charge >= 0.3 is 11.0 Å². The van der Waals surface area contributed by atoms with Crippen molar-refractivity contribution < 1.29 is 19.2 Å². The maximum absolute atomic E-state index is 12.5. The first-order valence-electron chi connectivity index (χ1n) is 6.80. The van der Waals surface area contributed by atoms with E-state index in [4.69, 9.17) is 4.74 Å². The molecule has 120 valence electrons. The van der Waals surface area contributed by atoms with Gasteiger partial charge in [0, 0.05) is 5.69 Å². The monoisotopic (exact) mass is 334 g/mol. The number of nitrogens with zero attached hydrogens (tertiary/aromatic N) is 2. The van der Waals surface area contributed by atoms with Crippen LogP contribution in [0.2, 0.25) is 0 Å². The predicted molar refractivity (Wildman–Crippen MR) is 85.8 cm³/mol. The van der Waals surface area contributed by atoms with Crippen LogP contribution in [0.5, 0.6) is 0 Å². The van der Waals surface area contributed by atoms with Gasteiger partial charge in [-0.1, -0.05) is 29.5 Å². The van der Waals surface area contributed by atoms with Crippen molar-refractivity contribution in [1.29, 1.82) is 0 Å². The second kappa shape index (κ2) is 7.50. The fourth-order valence-electron chi connectivity index (χ4n) is 2.01. The summed E-state index contributed by atoms with van der Waals surface area (Å²) in [7, 11) is 0. The van der Waals surface area contributed by atoms with Gasteiger partial charge in [-0.2, -0.15) is 0 Å². The van der Waals surface area contributed by atoms with Gasteiger partial charge in [0.05, 0.1) is 11.5 Å². The fourth-order valence-corrected chi connectivity index (χ4v) is 2.70. The van der Waals surface area contributed by atoms with Crippen molar-refractivity contribution in [3.63, 3.8) is 0 Å². The highest BCUT2D eigenvalue weighted by Gasteiger charge is 2.28. The molecule has 0 radical (unpaired) electrons. The third-order valence-corrected chi connectivity index (χ3v) is 3.75. The summed E-state index contributed by atoms with van der Waals surface area (Å²) in [5.74, 6) is -1.26. The number of nitro groups is 1. The number of benzene rings is 1. The Morgan fingerprint density at radius 3 is 2.57 bits per heavy atom. The number of hydrogen-bond donors (Lipinski definition) is 0. The zero-order chi connectivity index (χ0) is 16.8. The molecule has 0 bridgehead atoms. The minimum absolute atomic E-state index is 0.139. The van der Waals surface area contributed by atoms with Gasteiger partial charge in [0.15, 0.2) is 0 Å².